The van der Waals surface area contributed by atoms with Crippen LogP contribution < -0.4 is 10.6 Å². The van der Waals surface area contributed by atoms with Crippen LogP contribution in [0.15, 0.2) is 0 Å². The Morgan fingerprint density at radius 1 is 1.27 bits per heavy atom. The molecular formula is C17H33N3O2. The van der Waals surface area contributed by atoms with E-state index in [1.54, 1.807) is 0 Å². The Hall–Kier alpha value is -0.810. The third-order valence-corrected chi connectivity index (χ3v) is 4.65. The molecule has 0 saturated carbocycles. The number of hydrogen-bond acceptors (Lipinski definition) is 4. The minimum atomic E-state index is -0.427. The van der Waals surface area contributed by atoms with Crippen molar-refractivity contribution in [3.8, 4) is 0 Å². The monoisotopic (exact) mass is 311 g/mol. The van der Waals surface area contributed by atoms with Gasteiger partial charge in [-0.25, -0.2) is 4.79 Å². The molecule has 0 bridgehead atoms. The average Bonchev–Trinajstić information content (AvgIpc) is 2.45. The van der Waals surface area contributed by atoms with Gasteiger partial charge in [0.2, 0.25) is 0 Å². The van der Waals surface area contributed by atoms with E-state index in [4.69, 9.17) is 4.74 Å². The Morgan fingerprint density at radius 3 is 2.68 bits per heavy atom. The SMILES string of the molecule is CC1C(NCC2CCCCN2)CCCN1C(=O)OC(C)(C)C. The maximum absolute atomic E-state index is 12.3. The van der Waals surface area contributed by atoms with Gasteiger partial charge in [0.15, 0.2) is 0 Å². The van der Waals surface area contributed by atoms with Gasteiger partial charge in [-0.05, 0) is 59.9 Å². The van der Waals surface area contributed by atoms with E-state index in [0.717, 1.165) is 32.5 Å². The second-order valence-electron chi connectivity index (χ2n) is 7.72. The molecule has 2 saturated heterocycles. The average molecular weight is 311 g/mol. The number of hydrogen-bond donors (Lipinski definition) is 2. The molecular weight excluding hydrogens is 278 g/mol. The first kappa shape index (κ1) is 17.5. The summed E-state index contributed by atoms with van der Waals surface area (Å²) in [7, 11) is 0. The van der Waals surface area contributed by atoms with Crippen molar-refractivity contribution >= 4 is 6.09 Å². The summed E-state index contributed by atoms with van der Waals surface area (Å²) in [5.41, 5.74) is -0.427. The largest absolute Gasteiger partial charge is 0.444 e. The van der Waals surface area contributed by atoms with Crippen LogP contribution in [0.4, 0.5) is 4.79 Å². The van der Waals surface area contributed by atoms with Crippen LogP contribution in [0.5, 0.6) is 0 Å². The van der Waals surface area contributed by atoms with Crippen LogP contribution in [0.2, 0.25) is 0 Å². The zero-order chi connectivity index (χ0) is 16.2. The molecule has 2 N–H and O–H groups in total. The van der Waals surface area contributed by atoms with Gasteiger partial charge < -0.3 is 20.3 Å². The van der Waals surface area contributed by atoms with Crippen LogP contribution >= 0.6 is 0 Å². The Kier molecular flexibility index (Phi) is 6.09. The number of piperidine rings is 2. The minimum Gasteiger partial charge on any atom is -0.444 e. The zero-order valence-corrected chi connectivity index (χ0v) is 14.7. The number of ether oxygens (including phenoxy) is 1. The lowest BCUT2D eigenvalue weighted by Crippen LogP contribution is -2.57. The van der Waals surface area contributed by atoms with Gasteiger partial charge >= 0.3 is 6.09 Å². The Morgan fingerprint density at radius 2 is 2.05 bits per heavy atom. The van der Waals surface area contributed by atoms with E-state index in [2.05, 4.69) is 17.6 Å². The summed E-state index contributed by atoms with van der Waals surface area (Å²) in [6.45, 7) is 10.8. The van der Waals surface area contributed by atoms with Gasteiger partial charge in [-0.15, -0.1) is 0 Å². The van der Waals surface area contributed by atoms with Crippen molar-refractivity contribution in [2.24, 2.45) is 0 Å². The molecule has 0 aliphatic carbocycles. The van der Waals surface area contributed by atoms with Crippen LogP contribution in [-0.4, -0.2) is 54.4 Å². The van der Waals surface area contributed by atoms with Crippen LogP contribution in [0, 0.1) is 0 Å². The van der Waals surface area contributed by atoms with Crippen LogP contribution in [0.1, 0.15) is 59.8 Å². The first-order chi connectivity index (χ1) is 10.4. The lowest BCUT2D eigenvalue weighted by Gasteiger charge is -2.41. The van der Waals surface area contributed by atoms with E-state index in [0.29, 0.717) is 12.1 Å². The van der Waals surface area contributed by atoms with E-state index in [9.17, 15) is 4.79 Å². The standard InChI is InChI=1S/C17H33N3O2/c1-13-15(19-12-14-8-5-6-10-18-14)9-7-11-20(13)16(21)22-17(2,3)4/h13-15,18-19H,5-12H2,1-4H3. The molecule has 1 amide bonds. The molecule has 0 aromatic heterocycles. The second-order valence-corrected chi connectivity index (χ2v) is 7.72. The minimum absolute atomic E-state index is 0.178. The normalized spacial score (nSPS) is 30.2. The van der Waals surface area contributed by atoms with Gasteiger partial charge in [0.1, 0.15) is 5.60 Å². The lowest BCUT2D eigenvalue weighted by molar-refractivity contribution is 0.00694. The second kappa shape index (κ2) is 7.64. The number of amides is 1. The quantitative estimate of drug-likeness (QED) is 0.841. The van der Waals surface area contributed by atoms with Crippen LogP contribution in [0.25, 0.3) is 0 Å². The molecule has 0 spiro atoms. The summed E-state index contributed by atoms with van der Waals surface area (Å²) in [4.78, 5) is 14.2. The predicted octanol–water partition coefficient (Wildman–Crippen LogP) is 2.51. The molecule has 0 radical (unpaired) electrons. The van der Waals surface area contributed by atoms with Crippen molar-refractivity contribution in [1.29, 1.82) is 0 Å². The highest BCUT2D eigenvalue weighted by molar-refractivity contribution is 5.68. The van der Waals surface area contributed by atoms with E-state index in [1.807, 2.05) is 25.7 Å². The van der Waals surface area contributed by atoms with Gasteiger partial charge in [0.25, 0.3) is 0 Å². The summed E-state index contributed by atoms with van der Waals surface area (Å²) in [6.07, 6.45) is 5.87. The Balaban J connectivity index is 1.83. The molecule has 2 fully saturated rings. The number of likely N-dealkylation sites (tertiary alicyclic amines) is 1. The third kappa shape index (κ3) is 5.13. The Labute approximate surface area is 135 Å². The molecule has 0 aromatic rings. The van der Waals surface area contributed by atoms with E-state index in [1.165, 1.54) is 19.3 Å². The molecule has 5 nitrogen and oxygen atoms in total. The molecule has 2 aliphatic heterocycles. The first-order valence-corrected chi connectivity index (χ1v) is 8.83. The van der Waals surface area contributed by atoms with Crippen molar-refractivity contribution in [2.45, 2.75) is 83.5 Å². The fourth-order valence-electron chi connectivity index (χ4n) is 3.39. The molecule has 2 heterocycles. The molecule has 2 rings (SSSR count). The molecule has 2 aliphatic rings. The number of rotatable bonds is 3. The highest BCUT2D eigenvalue weighted by atomic mass is 16.6. The van der Waals surface area contributed by atoms with E-state index < -0.39 is 5.60 Å². The van der Waals surface area contributed by atoms with Gasteiger partial charge in [-0.1, -0.05) is 6.42 Å². The summed E-state index contributed by atoms with van der Waals surface area (Å²) in [5, 5.41) is 7.25. The third-order valence-electron chi connectivity index (χ3n) is 4.65. The van der Waals surface area contributed by atoms with Crippen molar-refractivity contribution in [2.75, 3.05) is 19.6 Å². The maximum atomic E-state index is 12.3. The smallest absolute Gasteiger partial charge is 0.410 e. The fourth-order valence-corrected chi connectivity index (χ4v) is 3.39. The Bertz CT molecular complexity index is 361. The highest BCUT2D eigenvalue weighted by Crippen LogP contribution is 2.21. The van der Waals surface area contributed by atoms with Crippen molar-refractivity contribution in [3.63, 3.8) is 0 Å². The summed E-state index contributed by atoms with van der Waals surface area (Å²) in [6, 6.07) is 1.13. The molecule has 128 valence electrons. The maximum Gasteiger partial charge on any atom is 0.410 e. The van der Waals surface area contributed by atoms with Gasteiger partial charge in [0, 0.05) is 31.2 Å². The number of nitrogens with one attached hydrogen (secondary N) is 2. The number of carbonyl (C=O) groups excluding carboxylic acids is 1. The number of nitrogens with zero attached hydrogens (tertiary/aromatic N) is 1. The first-order valence-electron chi connectivity index (χ1n) is 8.83. The van der Waals surface area contributed by atoms with Crippen LogP contribution in [-0.2, 0) is 4.74 Å². The van der Waals surface area contributed by atoms with Gasteiger partial charge in [0.05, 0.1) is 0 Å². The van der Waals surface area contributed by atoms with Gasteiger partial charge in [-0.3, -0.25) is 0 Å². The summed E-state index contributed by atoms with van der Waals surface area (Å²) < 4.78 is 5.54. The molecule has 0 aromatic carbocycles. The van der Waals surface area contributed by atoms with Crippen LogP contribution in [0.3, 0.4) is 0 Å². The summed E-state index contributed by atoms with van der Waals surface area (Å²) in [5.74, 6) is 0. The molecule has 3 unspecified atom stereocenters. The molecule has 22 heavy (non-hydrogen) atoms. The van der Waals surface area contributed by atoms with Crippen molar-refractivity contribution < 1.29 is 9.53 Å². The van der Waals surface area contributed by atoms with Gasteiger partial charge in [-0.2, -0.15) is 0 Å². The van der Waals surface area contributed by atoms with E-state index >= 15 is 0 Å². The topological polar surface area (TPSA) is 53.6 Å². The molecule has 5 heteroatoms. The van der Waals surface area contributed by atoms with E-state index in [-0.39, 0.29) is 12.1 Å². The number of carbonyl (C=O) groups is 1. The lowest BCUT2D eigenvalue weighted by atomic mass is 9.97. The van der Waals surface area contributed by atoms with Crippen molar-refractivity contribution in [3.05, 3.63) is 0 Å². The zero-order valence-electron chi connectivity index (χ0n) is 14.7. The highest BCUT2D eigenvalue weighted by Gasteiger charge is 2.33. The fraction of sp³-hybridized carbons (Fsp3) is 0.941. The molecule has 3 atom stereocenters. The summed E-state index contributed by atoms with van der Waals surface area (Å²) >= 11 is 0. The van der Waals surface area contributed by atoms with Crippen molar-refractivity contribution in [1.82, 2.24) is 15.5 Å². The predicted molar refractivity (Wildman–Crippen MR) is 89.1 cm³/mol.